The van der Waals surface area contributed by atoms with E-state index in [0.29, 0.717) is 0 Å². The number of cyclic esters (lactones) is 2. The molecule has 0 aromatic heterocycles. The molecule has 0 spiro atoms. The Kier molecular flexibility index (Phi) is 1.96. The van der Waals surface area contributed by atoms with E-state index in [-0.39, 0.29) is 0 Å². The monoisotopic (exact) mass is 250 g/mol. The Hall–Kier alpha value is -2.42. The first-order chi connectivity index (χ1) is 9.27. The number of ether oxygens (including phenoxy) is 1. The molecule has 0 unspecified atom stereocenters. The minimum atomic E-state index is -0.487. The van der Waals surface area contributed by atoms with Crippen LogP contribution >= 0.6 is 0 Å². The van der Waals surface area contributed by atoms with Crippen LogP contribution in [0.2, 0.25) is 0 Å². The van der Waals surface area contributed by atoms with Gasteiger partial charge in [0.05, 0.1) is 0 Å². The normalized spacial score (nSPS) is 23.4. The lowest BCUT2D eigenvalue weighted by atomic mass is 9.73. The molecule has 92 valence electrons. The van der Waals surface area contributed by atoms with Gasteiger partial charge in [-0.1, -0.05) is 48.5 Å². The van der Waals surface area contributed by atoms with Gasteiger partial charge < -0.3 is 4.74 Å². The van der Waals surface area contributed by atoms with Gasteiger partial charge in [-0.05, 0) is 22.3 Å². The van der Waals surface area contributed by atoms with Crippen molar-refractivity contribution >= 4 is 11.9 Å². The molecule has 2 atom stereocenters. The van der Waals surface area contributed by atoms with Crippen LogP contribution in [0.15, 0.2) is 48.5 Å². The van der Waals surface area contributed by atoms with Gasteiger partial charge in [0.15, 0.2) is 0 Å². The molecule has 3 nitrogen and oxygen atoms in total. The molecule has 1 fully saturated rings. The molecule has 4 rings (SSSR count). The predicted molar refractivity (Wildman–Crippen MR) is 68.5 cm³/mol. The van der Waals surface area contributed by atoms with Crippen LogP contribution in [0, 0.1) is 0 Å². The SMILES string of the molecule is O=C1OC(=O)[C@H]2c3ccccc3-c3ccccc3[C@@H]12. The van der Waals surface area contributed by atoms with E-state index in [1.165, 1.54) is 0 Å². The summed E-state index contributed by atoms with van der Waals surface area (Å²) in [4.78, 5) is 23.9. The van der Waals surface area contributed by atoms with Crippen LogP contribution in [0.4, 0.5) is 0 Å². The van der Waals surface area contributed by atoms with E-state index in [1.54, 1.807) is 0 Å². The molecule has 0 radical (unpaired) electrons. The molecule has 1 heterocycles. The summed E-state index contributed by atoms with van der Waals surface area (Å²) in [5, 5.41) is 0. The third-order valence-corrected chi connectivity index (χ3v) is 3.92. The zero-order valence-electron chi connectivity index (χ0n) is 10.00. The van der Waals surface area contributed by atoms with Crippen molar-refractivity contribution in [2.24, 2.45) is 0 Å². The molecule has 2 aromatic carbocycles. The number of fused-ring (bicyclic) bond motifs is 6. The average Bonchev–Trinajstić information content (AvgIpc) is 2.75. The van der Waals surface area contributed by atoms with Gasteiger partial charge in [-0.15, -0.1) is 0 Å². The minimum absolute atomic E-state index is 0.433. The number of hydrogen-bond donors (Lipinski definition) is 0. The largest absolute Gasteiger partial charge is 0.392 e. The van der Waals surface area contributed by atoms with Gasteiger partial charge in [0.25, 0.3) is 0 Å². The predicted octanol–water partition coefficient (Wildman–Crippen LogP) is 2.62. The molecule has 0 amide bonds. The van der Waals surface area contributed by atoms with Crippen molar-refractivity contribution in [3.05, 3.63) is 59.7 Å². The van der Waals surface area contributed by atoms with Gasteiger partial charge in [0.2, 0.25) is 0 Å². The van der Waals surface area contributed by atoms with Crippen LogP contribution in [0.3, 0.4) is 0 Å². The molecule has 0 N–H and O–H groups in total. The van der Waals surface area contributed by atoms with Crippen LogP contribution in [0.1, 0.15) is 23.0 Å². The molecule has 0 saturated carbocycles. The highest BCUT2D eigenvalue weighted by Gasteiger charge is 2.49. The number of esters is 2. The van der Waals surface area contributed by atoms with E-state index in [1.807, 2.05) is 48.5 Å². The van der Waals surface area contributed by atoms with E-state index in [2.05, 4.69) is 0 Å². The van der Waals surface area contributed by atoms with Gasteiger partial charge in [-0.2, -0.15) is 0 Å². The van der Waals surface area contributed by atoms with E-state index in [4.69, 9.17) is 4.74 Å². The highest BCUT2D eigenvalue weighted by Crippen LogP contribution is 2.50. The van der Waals surface area contributed by atoms with Crippen LogP contribution < -0.4 is 0 Å². The molecule has 0 bridgehead atoms. The van der Waals surface area contributed by atoms with E-state index >= 15 is 0 Å². The van der Waals surface area contributed by atoms with Crippen LogP contribution in [-0.4, -0.2) is 11.9 Å². The van der Waals surface area contributed by atoms with Crippen molar-refractivity contribution < 1.29 is 14.3 Å². The standard InChI is InChI=1S/C16H10O3/c17-15-13-11-7-3-1-5-9(11)10-6-2-4-8-12(10)14(13)16(18)19-15/h1-8,13-14H/t13-,14+. The molecule has 1 saturated heterocycles. The second-order valence-electron chi connectivity index (χ2n) is 4.87. The third-order valence-electron chi connectivity index (χ3n) is 3.92. The average molecular weight is 250 g/mol. The Morgan fingerprint density at radius 3 is 1.58 bits per heavy atom. The number of carbonyl (C=O) groups excluding carboxylic acids is 2. The number of carbonyl (C=O) groups is 2. The van der Waals surface area contributed by atoms with E-state index < -0.39 is 23.8 Å². The summed E-state index contributed by atoms with van der Waals surface area (Å²) in [5.74, 6) is -1.84. The first-order valence-electron chi connectivity index (χ1n) is 6.21. The van der Waals surface area contributed by atoms with Gasteiger partial charge in [-0.25, -0.2) is 0 Å². The molecular formula is C16H10O3. The molecule has 19 heavy (non-hydrogen) atoms. The van der Waals surface area contributed by atoms with Crippen molar-refractivity contribution in [2.75, 3.05) is 0 Å². The van der Waals surface area contributed by atoms with Gasteiger partial charge in [0, 0.05) is 0 Å². The maximum absolute atomic E-state index is 11.9. The highest BCUT2D eigenvalue weighted by atomic mass is 16.6. The van der Waals surface area contributed by atoms with Gasteiger partial charge >= 0.3 is 11.9 Å². The Labute approximate surface area is 109 Å². The van der Waals surface area contributed by atoms with Crippen molar-refractivity contribution in [2.45, 2.75) is 11.8 Å². The number of benzene rings is 2. The highest BCUT2D eigenvalue weighted by molar-refractivity contribution is 6.06. The summed E-state index contributed by atoms with van der Waals surface area (Å²) in [6, 6.07) is 15.4. The quantitative estimate of drug-likeness (QED) is 0.533. The fourth-order valence-corrected chi connectivity index (χ4v) is 3.14. The van der Waals surface area contributed by atoms with Crippen molar-refractivity contribution in [1.29, 1.82) is 0 Å². The Morgan fingerprint density at radius 2 is 1.11 bits per heavy atom. The van der Waals surface area contributed by atoms with Crippen molar-refractivity contribution in [3.8, 4) is 11.1 Å². The molecule has 3 heteroatoms. The summed E-state index contributed by atoms with van der Waals surface area (Å²) in [6.45, 7) is 0. The fourth-order valence-electron chi connectivity index (χ4n) is 3.14. The maximum Gasteiger partial charge on any atom is 0.322 e. The zero-order valence-corrected chi connectivity index (χ0v) is 10.00. The smallest absolute Gasteiger partial charge is 0.322 e. The van der Waals surface area contributed by atoms with Crippen LogP contribution in [0.5, 0.6) is 0 Å². The van der Waals surface area contributed by atoms with E-state index in [0.717, 1.165) is 22.3 Å². The summed E-state index contributed by atoms with van der Waals surface area (Å²) < 4.78 is 4.84. The first kappa shape index (κ1) is 10.5. The molecule has 2 aromatic rings. The summed E-state index contributed by atoms with van der Waals surface area (Å²) in [6.07, 6.45) is 0. The summed E-state index contributed by atoms with van der Waals surface area (Å²) in [5.41, 5.74) is 3.82. The second-order valence-corrected chi connectivity index (χ2v) is 4.87. The third kappa shape index (κ3) is 1.27. The minimum Gasteiger partial charge on any atom is -0.392 e. The topological polar surface area (TPSA) is 43.4 Å². The van der Waals surface area contributed by atoms with Crippen LogP contribution in [-0.2, 0) is 14.3 Å². The lowest BCUT2D eigenvalue weighted by Gasteiger charge is -2.26. The van der Waals surface area contributed by atoms with Crippen LogP contribution in [0.25, 0.3) is 11.1 Å². The lowest BCUT2D eigenvalue weighted by Crippen LogP contribution is -2.20. The fraction of sp³-hybridized carbons (Fsp3) is 0.125. The molecule has 1 aliphatic carbocycles. The number of rotatable bonds is 0. The molecular weight excluding hydrogens is 240 g/mol. The Balaban J connectivity index is 2.08. The number of hydrogen-bond acceptors (Lipinski definition) is 3. The summed E-state index contributed by atoms with van der Waals surface area (Å²) >= 11 is 0. The molecule has 2 aliphatic rings. The Bertz CT molecular complexity index is 656. The van der Waals surface area contributed by atoms with Crippen molar-refractivity contribution in [1.82, 2.24) is 0 Å². The van der Waals surface area contributed by atoms with Crippen molar-refractivity contribution in [3.63, 3.8) is 0 Å². The first-order valence-corrected chi connectivity index (χ1v) is 6.21. The zero-order chi connectivity index (χ0) is 13.0. The molecule has 1 aliphatic heterocycles. The Morgan fingerprint density at radius 1 is 0.684 bits per heavy atom. The maximum atomic E-state index is 11.9. The summed E-state index contributed by atoms with van der Waals surface area (Å²) in [7, 11) is 0. The van der Waals surface area contributed by atoms with Gasteiger partial charge in [0.1, 0.15) is 11.8 Å². The lowest BCUT2D eigenvalue weighted by molar-refractivity contribution is -0.152. The van der Waals surface area contributed by atoms with Gasteiger partial charge in [-0.3, -0.25) is 9.59 Å². The van der Waals surface area contributed by atoms with E-state index in [9.17, 15) is 9.59 Å². The second kappa shape index (κ2) is 3.54.